The summed E-state index contributed by atoms with van der Waals surface area (Å²) in [5, 5.41) is 2.07. The van der Waals surface area contributed by atoms with Gasteiger partial charge in [0, 0.05) is 0 Å². The van der Waals surface area contributed by atoms with Gasteiger partial charge in [-0.3, -0.25) is 14.7 Å². The first-order valence-electron chi connectivity index (χ1n) is 9.75. The molecule has 0 atom stereocenters. The molecule has 5 aromatic rings. The fraction of sp³-hybridized carbons (Fsp3) is 0.0909. The Morgan fingerprint density at radius 2 is 1.82 bits per heavy atom. The van der Waals surface area contributed by atoms with Gasteiger partial charge in [-0.2, -0.15) is 17.7 Å². The topological polar surface area (TPSA) is 129 Å². The number of carbonyl (C=O) groups excluding carboxylic acids is 1. The van der Waals surface area contributed by atoms with Crippen molar-refractivity contribution >= 4 is 22.7 Å². The van der Waals surface area contributed by atoms with E-state index >= 15 is 0 Å². The Kier molecular flexibility index (Phi) is 4.67. The zero-order valence-corrected chi connectivity index (χ0v) is 17.3. The van der Waals surface area contributed by atoms with Gasteiger partial charge in [0.2, 0.25) is 5.89 Å². The van der Waals surface area contributed by atoms with Crippen molar-refractivity contribution in [2.24, 2.45) is 5.73 Å². The maximum absolute atomic E-state index is 13.9. The van der Waals surface area contributed by atoms with Crippen LogP contribution < -0.4 is 16.0 Å². The van der Waals surface area contributed by atoms with Gasteiger partial charge in [-0.15, -0.1) is 0 Å². The number of rotatable bonds is 4. The number of oxazole rings is 1. The number of H-pyrrole nitrogens is 1. The number of para-hydroxylation sites is 1. The Morgan fingerprint density at radius 1 is 1.09 bits per heavy atom. The zero-order chi connectivity index (χ0) is 24.2. The van der Waals surface area contributed by atoms with E-state index in [4.69, 9.17) is 14.9 Å². The van der Waals surface area contributed by atoms with Crippen LogP contribution in [0.25, 0.3) is 39.3 Å². The number of primary amides is 1. The maximum atomic E-state index is 13.9. The highest BCUT2D eigenvalue weighted by molar-refractivity contribution is 5.98. The second kappa shape index (κ2) is 7.47. The summed E-state index contributed by atoms with van der Waals surface area (Å²) < 4.78 is 53.1. The summed E-state index contributed by atoms with van der Waals surface area (Å²) >= 11 is 0. The Morgan fingerprint density at radius 3 is 2.47 bits per heavy atom. The van der Waals surface area contributed by atoms with Gasteiger partial charge in [-0.1, -0.05) is 36.4 Å². The number of amides is 1. The van der Waals surface area contributed by atoms with Crippen LogP contribution >= 0.6 is 0 Å². The lowest BCUT2D eigenvalue weighted by molar-refractivity contribution is -0.140. The van der Waals surface area contributed by atoms with E-state index in [9.17, 15) is 22.8 Å². The SMILES string of the molecule is COc1cccc2oc(-c3c(C(N)=O)nc4c(-c5ccccc5)c(C(F)(F)F)[nH]n4c3=O)nc12. The zero-order valence-electron chi connectivity index (χ0n) is 17.3. The lowest BCUT2D eigenvalue weighted by atomic mass is 10.1. The first-order valence-corrected chi connectivity index (χ1v) is 9.75. The molecule has 0 aliphatic rings. The molecule has 3 aromatic heterocycles. The van der Waals surface area contributed by atoms with Gasteiger partial charge >= 0.3 is 6.18 Å². The van der Waals surface area contributed by atoms with Crippen LogP contribution in [0.15, 0.2) is 57.7 Å². The molecule has 0 spiro atoms. The number of fused-ring (bicyclic) bond motifs is 2. The minimum Gasteiger partial charge on any atom is -0.494 e. The Labute approximate surface area is 187 Å². The molecular formula is C22H14F3N5O4. The van der Waals surface area contributed by atoms with E-state index in [-0.39, 0.29) is 22.6 Å². The second-order valence-corrected chi connectivity index (χ2v) is 7.22. The lowest BCUT2D eigenvalue weighted by Crippen LogP contribution is -2.25. The molecule has 0 aliphatic heterocycles. The van der Waals surface area contributed by atoms with Gasteiger partial charge in [0.1, 0.15) is 22.7 Å². The molecule has 172 valence electrons. The molecule has 3 heterocycles. The Bertz CT molecular complexity index is 1630. The van der Waals surface area contributed by atoms with Crippen molar-refractivity contribution in [3.63, 3.8) is 0 Å². The van der Waals surface area contributed by atoms with Crippen LogP contribution in [0.5, 0.6) is 5.75 Å². The monoisotopic (exact) mass is 469 g/mol. The van der Waals surface area contributed by atoms with E-state index < -0.39 is 45.8 Å². The summed E-state index contributed by atoms with van der Waals surface area (Å²) in [5.41, 5.74) is 1.91. The van der Waals surface area contributed by atoms with Gasteiger partial charge in [0.25, 0.3) is 11.5 Å². The number of nitrogens with one attached hydrogen (secondary N) is 1. The molecule has 1 amide bonds. The average molecular weight is 469 g/mol. The summed E-state index contributed by atoms with van der Waals surface area (Å²) in [5.74, 6) is -1.16. The number of nitrogens with zero attached hydrogens (tertiary/aromatic N) is 3. The van der Waals surface area contributed by atoms with Gasteiger partial charge < -0.3 is 14.9 Å². The number of hydrogen-bond donors (Lipinski definition) is 2. The van der Waals surface area contributed by atoms with Crippen LogP contribution in [0.3, 0.4) is 0 Å². The molecule has 5 rings (SSSR count). The quantitative estimate of drug-likeness (QED) is 0.414. The summed E-state index contributed by atoms with van der Waals surface area (Å²) in [6.45, 7) is 0. The number of aromatic nitrogens is 4. The summed E-state index contributed by atoms with van der Waals surface area (Å²) in [6.07, 6.45) is -4.86. The van der Waals surface area contributed by atoms with Crippen LogP contribution in [0.2, 0.25) is 0 Å². The lowest BCUT2D eigenvalue weighted by Gasteiger charge is -2.07. The minimum atomic E-state index is -4.86. The number of benzene rings is 2. The van der Waals surface area contributed by atoms with E-state index in [1.54, 1.807) is 24.3 Å². The van der Waals surface area contributed by atoms with Crippen molar-refractivity contribution in [1.82, 2.24) is 19.6 Å². The normalized spacial score (nSPS) is 11.9. The van der Waals surface area contributed by atoms with Gasteiger partial charge in [0.05, 0.1) is 12.7 Å². The van der Waals surface area contributed by atoms with Crippen molar-refractivity contribution in [1.29, 1.82) is 0 Å². The molecule has 0 saturated carbocycles. The summed E-state index contributed by atoms with van der Waals surface area (Å²) in [4.78, 5) is 33.9. The summed E-state index contributed by atoms with van der Waals surface area (Å²) in [7, 11) is 1.41. The predicted octanol–water partition coefficient (Wildman–Crippen LogP) is 3.62. The third-order valence-electron chi connectivity index (χ3n) is 5.18. The smallest absolute Gasteiger partial charge is 0.433 e. The molecule has 2 aromatic carbocycles. The largest absolute Gasteiger partial charge is 0.494 e. The standard InChI is InChI=1S/C22H14F3N5O4/c1-33-11-8-5-9-12-15(11)28-20(34-12)14-16(18(26)31)27-19-13(10-6-3-2-4-7-10)17(22(23,24)25)29-30(19)21(14)32/h2-9,29H,1H3,(H2,26,31). The molecule has 0 bridgehead atoms. The van der Waals surface area contributed by atoms with Crippen LogP contribution in [-0.4, -0.2) is 32.6 Å². The van der Waals surface area contributed by atoms with E-state index in [0.717, 1.165) is 0 Å². The Hall–Kier alpha value is -4.61. The number of hydrogen-bond acceptors (Lipinski definition) is 6. The van der Waals surface area contributed by atoms with Crippen molar-refractivity contribution in [2.45, 2.75) is 6.18 Å². The first-order chi connectivity index (χ1) is 16.2. The van der Waals surface area contributed by atoms with Crippen LogP contribution in [0.1, 0.15) is 16.2 Å². The highest BCUT2D eigenvalue weighted by Gasteiger charge is 2.39. The molecule has 0 unspecified atom stereocenters. The molecule has 34 heavy (non-hydrogen) atoms. The molecule has 0 aliphatic carbocycles. The second-order valence-electron chi connectivity index (χ2n) is 7.22. The minimum absolute atomic E-state index is 0.134. The molecular weight excluding hydrogens is 455 g/mol. The van der Waals surface area contributed by atoms with E-state index in [1.807, 2.05) is 0 Å². The third-order valence-corrected chi connectivity index (χ3v) is 5.18. The van der Waals surface area contributed by atoms with E-state index in [0.29, 0.717) is 10.3 Å². The number of methoxy groups -OCH3 is 1. The highest BCUT2D eigenvalue weighted by Crippen LogP contribution is 2.38. The van der Waals surface area contributed by atoms with Crippen LogP contribution in [0.4, 0.5) is 13.2 Å². The van der Waals surface area contributed by atoms with Crippen molar-refractivity contribution in [2.75, 3.05) is 7.11 Å². The van der Waals surface area contributed by atoms with Gasteiger partial charge in [-0.25, -0.2) is 9.97 Å². The molecule has 3 N–H and O–H groups in total. The summed E-state index contributed by atoms with van der Waals surface area (Å²) in [6, 6.07) is 12.3. The van der Waals surface area contributed by atoms with E-state index in [2.05, 4.69) is 15.1 Å². The van der Waals surface area contributed by atoms with Crippen LogP contribution in [0, 0.1) is 0 Å². The Balaban J connectivity index is 1.89. The highest BCUT2D eigenvalue weighted by atomic mass is 19.4. The molecule has 9 nitrogen and oxygen atoms in total. The number of halogens is 3. The molecule has 0 saturated heterocycles. The van der Waals surface area contributed by atoms with Gasteiger partial charge in [-0.05, 0) is 17.7 Å². The number of carbonyl (C=O) groups is 1. The first kappa shape index (κ1) is 21.2. The molecule has 12 heteroatoms. The number of nitrogens with two attached hydrogens (primary N) is 1. The fourth-order valence-electron chi connectivity index (χ4n) is 3.72. The molecule has 0 fully saturated rings. The predicted molar refractivity (Wildman–Crippen MR) is 114 cm³/mol. The number of aromatic amines is 1. The third kappa shape index (κ3) is 3.18. The van der Waals surface area contributed by atoms with Crippen LogP contribution in [-0.2, 0) is 6.18 Å². The maximum Gasteiger partial charge on any atom is 0.433 e. The fourth-order valence-corrected chi connectivity index (χ4v) is 3.72. The van der Waals surface area contributed by atoms with Crippen molar-refractivity contribution in [3.8, 4) is 28.3 Å². The van der Waals surface area contributed by atoms with Gasteiger partial charge in [0.15, 0.2) is 16.7 Å². The molecule has 0 radical (unpaired) electrons. The number of ether oxygens (including phenoxy) is 1. The van der Waals surface area contributed by atoms with E-state index in [1.165, 1.54) is 31.4 Å². The number of alkyl halides is 3. The van der Waals surface area contributed by atoms with Crippen molar-refractivity contribution in [3.05, 3.63) is 70.3 Å². The average Bonchev–Trinajstić information content (AvgIpc) is 3.41. The van der Waals surface area contributed by atoms with Crippen molar-refractivity contribution < 1.29 is 27.1 Å².